The minimum Gasteiger partial charge on any atom is -0.478 e. The van der Waals surface area contributed by atoms with Crippen molar-refractivity contribution in [1.82, 2.24) is 9.78 Å². The van der Waals surface area contributed by atoms with Crippen LogP contribution in [0, 0.1) is 11.6 Å². The second-order valence-corrected chi connectivity index (χ2v) is 4.66. The molecule has 0 saturated carbocycles. The highest BCUT2D eigenvalue weighted by Gasteiger charge is 2.10. The van der Waals surface area contributed by atoms with Crippen LogP contribution < -0.4 is 0 Å². The van der Waals surface area contributed by atoms with E-state index in [1.165, 1.54) is 29.1 Å². The van der Waals surface area contributed by atoms with Crippen LogP contribution in [0.25, 0.3) is 16.8 Å². The van der Waals surface area contributed by atoms with Gasteiger partial charge in [0.2, 0.25) is 0 Å². The normalized spacial score (nSPS) is 10.6. The van der Waals surface area contributed by atoms with Gasteiger partial charge in [-0.2, -0.15) is 5.10 Å². The van der Waals surface area contributed by atoms with Crippen LogP contribution in [-0.4, -0.2) is 20.9 Å². The first-order valence-electron chi connectivity index (χ1n) is 6.38. The largest absolute Gasteiger partial charge is 0.478 e. The number of carbonyl (C=O) groups is 1. The average Bonchev–Trinajstić information content (AvgIpc) is 2.97. The topological polar surface area (TPSA) is 55.1 Å². The van der Waals surface area contributed by atoms with Crippen LogP contribution in [0.1, 0.15) is 10.4 Å². The lowest BCUT2D eigenvalue weighted by Gasteiger charge is -2.03. The van der Waals surface area contributed by atoms with E-state index in [-0.39, 0.29) is 11.3 Å². The van der Waals surface area contributed by atoms with Crippen LogP contribution in [0.15, 0.2) is 54.9 Å². The van der Waals surface area contributed by atoms with Crippen LogP contribution in [0.2, 0.25) is 0 Å². The van der Waals surface area contributed by atoms with E-state index in [4.69, 9.17) is 5.11 Å². The van der Waals surface area contributed by atoms with Gasteiger partial charge in [-0.15, -0.1) is 0 Å². The number of carboxylic acid groups (broad SMARTS) is 1. The Kier molecular flexibility index (Phi) is 3.42. The molecule has 0 radical (unpaired) electrons. The molecule has 3 rings (SSSR count). The summed E-state index contributed by atoms with van der Waals surface area (Å²) in [5, 5.41) is 13.0. The Morgan fingerprint density at radius 3 is 2.64 bits per heavy atom. The molecule has 110 valence electrons. The third-order valence-corrected chi connectivity index (χ3v) is 3.18. The highest BCUT2D eigenvalue weighted by Crippen LogP contribution is 2.22. The van der Waals surface area contributed by atoms with Crippen molar-refractivity contribution in [2.24, 2.45) is 0 Å². The van der Waals surface area contributed by atoms with Crippen molar-refractivity contribution in [3.63, 3.8) is 0 Å². The summed E-state index contributed by atoms with van der Waals surface area (Å²) in [6.45, 7) is 0. The fraction of sp³-hybridized carbons (Fsp3) is 0. The smallest absolute Gasteiger partial charge is 0.335 e. The molecule has 0 aliphatic rings. The molecule has 3 aromatic rings. The average molecular weight is 300 g/mol. The van der Waals surface area contributed by atoms with Gasteiger partial charge in [0.05, 0.1) is 11.8 Å². The Balaban J connectivity index is 2.00. The maximum atomic E-state index is 13.7. The summed E-state index contributed by atoms with van der Waals surface area (Å²) in [6, 6.07) is 9.55. The van der Waals surface area contributed by atoms with E-state index >= 15 is 0 Å². The highest BCUT2D eigenvalue weighted by atomic mass is 19.1. The fourth-order valence-corrected chi connectivity index (χ4v) is 2.10. The third kappa shape index (κ3) is 2.58. The zero-order chi connectivity index (χ0) is 15.7. The predicted molar refractivity (Wildman–Crippen MR) is 75.9 cm³/mol. The molecule has 0 saturated heterocycles. The first-order valence-corrected chi connectivity index (χ1v) is 6.38. The molecule has 0 spiro atoms. The molecule has 0 unspecified atom stereocenters. The Bertz CT molecular complexity index is 859. The molecule has 22 heavy (non-hydrogen) atoms. The molecule has 1 heterocycles. The van der Waals surface area contributed by atoms with Crippen LogP contribution in [0.5, 0.6) is 0 Å². The van der Waals surface area contributed by atoms with Gasteiger partial charge >= 0.3 is 5.97 Å². The van der Waals surface area contributed by atoms with E-state index in [1.807, 2.05) is 0 Å². The number of aromatic carboxylic acids is 1. The van der Waals surface area contributed by atoms with Gasteiger partial charge in [0, 0.05) is 17.8 Å². The molecule has 4 nitrogen and oxygen atoms in total. The lowest BCUT2D eigenvalue weighted by Crippen LogP contribution is -1.98. The Morgan fingerprint density at radius 1 is 1.09 bits per heavy atom. The van der Waals surface area contributed by atoms with Gasteiger partial charge in [0.25, 0.3) is 0 Å². The van der Waals surface area contributed by atoms with Gasteiger partial charge in [-0.3, -0.25) is 0 Å². The lowest BCUT2D eigenvalue weighted by molar-refractivity contribution is 0.0697. The SMILES string of the molecule is O=C(O)c1cccc(-c2cnn(-c3ccc(F)cc3F)c2)c1. The minimum atomic E-state index is -1.03. The molecular formula is C16H10F2N2O2. The molecule has 0 aliphatic heterocycles. The van der Waals surface area contributed by atoms with Crippen molar-refractivity contribution in [2.75, 3.05) is 0 Å². The van der Waals surface area contributed by atoms with Gasteiger partial charge < -0.3 is 5.11 Å². The van der Waals surface area contributed by atoms with Crippen molar-refractivity contribution in [2.45, 2.75) is 0 Å². The zero-order valence-corrected chi connectivity index (χ0v) is 11.2. The highest BCUT2D eigenvalue weighted by molar-refractivity contribution is 5.89. The van der Waals surface area contributed by atoms with Crippen LogP contribution in [-0.2, 0) is 0 Å². The molecule has 0 amide bonds. The molecule has 0 atom stereocenters. The van der Waals surface area contributed by atoms with E-state index in [9.17, 15) is 13.6 Å². The van der Waals surface area contributed by atoms with E-state index < -0.39 is 17.6 Å². The molecule has 2 aromatic carbocycles. The monoisotopic (exact) mass is 300 g/mol. The second kappa shape index (κ2) is 5.40. The Hall–Kier alpha value is -3.02. The summed E-state index contributed by atoms with van der Waals surface area (Å²) < 4.78 is 27.9. The summed E-state index contributed by atoms with van der Waals surface area (Å²) in [5.74, 6) is -2.42. The summed E-state index contributed by atoms with van der Waals surface area (Å²) in [4.78, 5) is 11.0. The first-order chi connectivity index (χ1) is 10.5. The number of hydrogen-bond acceptors (Lipinski definition) is 2. The number of nitrogens with zero attached hydrogens (tertiary/aromatic N) is 2. The number of carboxylic acids is 1. The maximum absolute atomic E-state index is 13.7. The molecule has 0 fully saturated rings. The standard InChI is InChI=1S/C16H10F2N2O2/c17-13-4-5-15(14(18)7-13)20-9-12(8-19-20)10-2-1-3-11(6-10)16(21)22/h1-9H,(H,21,22). The van der Waals surface area contributed by atoms with Crippen molar-refractivity contribution >= 4 is 5.97 Å². The van der Waals surface area contributed by atoms with Gasteiger partial charge in [-0.25, -0.2) is 18.3 Å². The summed E-state index contributed by atoms with van der Waals surface area (Å²) in [5.41, 5.74) is 1.54. The van der Waals surface area contributed by atoms with E-state index in [0.717, 1.165) is 12.1 Å². The van der Waals surface area contributed by atoms with Gasteiger partial charge in [-0.1, -0.05) is 12.1 Å². The number of rotatable bonds is 3. The van der Waals surface area contributed by atoms with E-state index in [0.29, 0.717) is 11.1 Å². The van der Waals surface area contributed by atoms with E-state index in [2.05, 4.69) is 5.10 Å². The maximum Gasteiger partial charge on any atom is 0.335 e. The number of halogens is 2. The quantitative estimate of drug-likeness (QED) is 0.805. The Labute approximate surface area is 124 Å². The molecule has 6 heteroatoms. The summed E-state index contributed by atoms with van der Waals surface area (Å²) >= 11 is 0. The first kappa shape index (κ1) is 13.9. The second-order valence-electron chi connectivity index (χ2n) is 4.66. The Morgan fingerprint density at radius 2 is 1.91 bits per heavy atom. The van der Waals surface area contributed by atoms with Crippen LogP contribution in [0.4, 0.5) is 8.78 Å². The van der Waals surface area contributed by atoms with Gasteiger partial charge in [-0.05, 0) is 29.8 Å². The molecular weight excluding hydrogens is 290 g/mol. The van der Waals surface area contributed by atoms with Crippen molar-refractivity contribution < 1.29 is 18.7 Å². The predicted octanol–water partition coefficient (Wildman–Crippen LogP) is 3.52. The van der Waals surface area contributed by atoms with Crippen LogP contribution in [0.3, 0.4) is 0 Å². The van der Waals surface area contributed by atoms with E-state index in [1.54, 1.807) is 18.3 Å². The summed E-state index contributed by atoms with van der Waals surface area (Å²) in [6.07, 6.45) is 3.04. The van der Waals surface area contributed by atoms with Gasteiger partial charge in [0.15, 0.2) is 5.82 Å². The molecule has 1 N–H and O–H groups in total. The number of aromatic nitrogens is 2. The number of benzene rings is 2. The van der Waals surface area contributed by atoms with Gasteiger partial charge in [0.1, 0.15) is 11.5 Å². The molecule has 1 aromatic heterocycles. The molecule has 0 aliphatic carbocycles. The number of hydrogen-bond donors (Lipinski definition) is 1. The zero-order valence-electron chi connectivity index (χ0n) is 11.2. The summed E-state index contributed by atoms with van der Waals surface area (Å²) in [7, 11) is 0. The van der Waals surface area contributed by atoms with Crippen LogP contribution >= 0.6 is 0 Å². The fourth-order valence-electron chi connectivity index (χ4n) is 2.10. The third-order valence-electron chi connectivity index (χ3n) is 3.18. The van der Waals surface area contributed by atoms with Crippen molar-refractivity contribution in [3.8, 4) is 16.8 Å². The van der Waals surface area contributed by atoms with Crippen molar-refractivity contribution in [1.29, 1.82) is 0 Å². The minimum absolute atomic E-state index is 0.113. The lowest BCUT2D eigenvalue weighted by atomic mass is 10.1. The van der Waals surface area contributed by atoms with Crippen molar-refractivity contribution in [3.05, 3.63) is 72.1 Å². The molecule has 0 bridgehead atoms.